The summed E-state index contributed by atoms with van der Waals surface area (Å²) in [6.45, 7) is 1.24. The van der Waals surface area contributed by atoms with Crippen LogP contribution in [-0.4, -0.2) is 33.2 Å². The average Bonchev–Trinajstić information content (AvgIpc) is 2.42. The van der Waals surface area contributed by atoms with Crippen molar-refractivity contribution in [3.63, 3.8) is 0 Å². The van der Waals surface area contributed by atoms with Crippen molar-refractivity contribution in [3.05, 3.63) is 23.8 Å². The molecule has 0 bridgehead atoms. The Labute approximate surface area is 107 Å². The average molecular weight is 252 g/mol. The summed E-state index contributed by atoms with van der Waals surface area (Å²) >= 11 is 0. The van der Waals surface area contributed by atoms with Gasteiger partial charge in [-0.3, -0.25) is 4.79 Å². The molecule has 0 unspecified atom stereocenters. The van der Waals surface area contributed by atoms with Gasteiger partial charge in [-0.05, 0) is 31.5 Å². The maximum absolute atomic E-state index is 12.0. The topological polar surface area (TPSA) is 73.6 Å². The van der Waals surface area contributed by atoms with E-state index in [9.17, 15) is 4.79 Å². The van der Waals surface area contributed by atoms with Gasteiger partial charge in [0.25, 0.3) is 5.91 Å². The Morgan fingerprint density at radius 1 is 1.28 bits per heavy atom. The summed E-state index contributed by atoms with van der Waals surface area (Å²) in [5, 5.41) is 2.83. The Balaban J connectivity index is 2.72. The second-order valence-electron chi connectivity index (χ2n) is 3.79. The highest BCUT2D eigenvalue weighted by Gasteiger charge is 2.15. The number of ether oxygens (including phenoxy) is 2. The third-order valence-electron chi connectivity index (χ3n) is 2.56. The van der Waals surface area contributed by atoms with Gasteiger partial charge in [-0.25, -0.2) is 0 Å². The van der Waals surface area contributed by atoms with E-state index in [4.69, 9.17) is 15.2 Å². The lowest BCUT2D eigenvalue weighted by molar-refractivity contribution is 0.0949. The quantitative estimate of drug-likeness (QED) is 0.714. The fourth-order valence-corrected chi connectivity index (χ4v) is 1.63. The molecule has 0 radical (unpaired) electrons. The van der Waals surface area contributed by atoms with Crippen LogP contribution in [-0.2, 0) is 0 Å². The molecule has 18 heavy (non-hydrogen) atoms. The van der Waals surface area contributed by atoms with E-state index in [-0.39, 0.29) is 5.91 Å². The summed E-state index contributed by atoms with van der Waals surface area (Å²) in [7, 11) is 3.06. The smallest absolute Gasteiger partial charge is 0.255 e. The fraction of sp³-hybridized carbons (Fsp3) is 0.462. The Bertz CT molecular complexity index is 394. The van der Waals surface area contributed by atoms with E-state index in [1.165, 1.54) is 7.11 Å². The molecular weight excluding hydrogens is 232 g/mol. The van der Waals surface area contributed by atoms with Crippen LogP contribution in [0.2, 0.25) is 0 Å². The predicted molar refractivity (Wildman–Crippen MR) is 70.2 cm³/mol. The number of hydrogen-bond acceptors (Lipinski definition) is 4. The highest BCUT2D eigenvalue weighted by atomic mass is 16.5. The van der Waals surface area contributed by atoms with Crippen molar-refractivity contribution in [2.45, 2.75) is 12.8 Å². The van der Waals surface area contributed by atoms with Crippen LogP contribution in [0.1, 0.15) is 23.2 Å². The first-order valence-corrected chi connectivity index (χ1v) is 5.93. The predicted octanol–water partition coefficient (Wildman–Crippen LogP) is 1.17. The van der Waals surface area contributed by atoms with E-state index in [2.05, 4.69) is 5.32 Å². The summed E-state index contributed by atoms with van der Waals surface area (Å²) in [6, 6.07) is 5.22. The van der Waals surface area contributed by atoms with Crippen LogP contribution in [0.25, 0.3) is 0 Å². The van der Waals surface area contributed by atoms with Crippen molar-refractivity contribution < 1.29 is 14.3 Å². The van der Waals surface area contributed by atoms with Crippen LogP contribution in [0.5, 0.6) is 11.5 Å². The van der Waals surface area contributed by atoms with E-state index in [1.807, 2.05) is 0 Å². The lowest BCUT2D eigenvalue weighted by atomic mass is 10.1. The van der Waals surface area contributed by atoms with Gasteiger partial charge < -0.3 is 20.5 Å². The monoisotopic (exact) mass is 252 g/mol. The van der Waals surface area contributed by atoms with E-state index >= 15 is 0 Å². The molecule has 0 fully saturated rings. The molecule has 1 amide bonds. The van der Waals surface area contributed by atoms with Crippen LogP contribution in [0, 0.1) is 0 Å². The molecule has 0 heterocycles. The number of unbranched alkanes of at least 4 members (excludes halogenated alkanes) is 1. The zero-order chi connectivity index (χ0) is 13.4. The molecule has 1 rings (SSSR count). The van der Waals surface area contributed by atoms with Gasteiger partial charge in [0.15, 0.2) is 11.5 Å². The maximum Gasteiger partial charge on any atom is 0.255 e. The number of hydrogen-bond donors (Lipinski definition) is 2. The molecule has 0 saturated heterocycles. The van der Waals surface area contributed by atoms with E-state index in [0.717, 1.165) is 12.8 Å². The third-order valence-corrected chi connectivity index (χ3v) is 2.56. The molecule has 0 saturated carbocycles. The minimum atomic E-state index is -0.164. The van der Waals surface area contributed by atoms with Gasteiger partial charge in [-0.1, -0.05) is 6.07 Å². The molecule has 100 valence electrons. The summed E-state index contributed by atoms with van der Waals surface area (Å²) < 4.78 is 10.4. The van der Waals surface area contributed by atoms with Crippen molar-refractivity contribution in [2.24, 2.45) is 5.73 Å². The zero-order valence-corrected chi connectivity index (χ0v) is 10.9. The largest absolute Gasteiger partial charge is 0.493 e. The van der Waals surface area contributed by atoms with Crippen molar-refractivity contribution in [2.75, 3.05) is 27.3 Å². The van der Waals surface area contributed by atoms with Crippen LogP contribution in [0.3, 0.4) is 0 Å². The Morgan fingerprint density at radius 3 is 2.67 bits per heavy atom. The Hall–Kier alpha value is -1.75. The number of carbonyl (C=O) groups excluding carboxylic acids is 1. The van der Waals surface area contributed by atoms with Gasteiger partial charge >= 0.3 is 0 Å². The number of methoxy groups -OCH3 is 2. The zero-order valence-electron chi connectivity index (χ0n) is 10.9. The van der Waals surface area contributed by atoms with Crippen molar-refractivity contribution in [1.29, 1.82) is 0 Å². The molecule has 3 N–H and O–H groups in total. The molecule has 0 aliphatic heterocycles. The molecule has 0 aromatic heterocycles. The molecule has 1 aromatic rings. The SMILES string of the molecule is COc1cccc(C(=O)NCCCCN)c1OC. The number of benzene rings is 1. The molecule has 0 spiro atoms. The van der Waals surface area contributed by atoms with Gasteiger partial charge in [0.1, 0.15) is 0 Å². The lowest BCUT2D eigenvalue weighted by Crippen LogP contribution is -2.25. The van der Waals surface area contributed by atoms with E-state index in [1.54, 1.807) is 25.3 Å². The maximum atomic E-state index is 12.0. The molecule has 0 aliphatic rings. The van der Waals surface area contributed by atoms with Crippen molar-refractivity contribution in [3.8, 4) is 11.5 Å². The summed E-state index contributed by atoms with van der Waals surface area (Å²) in [5.41, 5.74) is 5.87. The molecule has 0 atom stereocenters. The summed E-state index contributed by atoms with van der Waals surface area (Å²) in [5.74, 6) is 0.839. The fourth-order valence-electron chi connectivity index (χ4n) is 1.63. The first-order chi connectivity index (χ1) is 8.74. The standard InChI is InChI=1S/C13H20N2O3/c1-17-11-7-5-6-10(12(11)18-2)13(16)15-9-4-3-8-14/h5-7H,3-4,8-9,14H2,1-2H3,(H,15,16). The normalized spacial score (nSPS) is 9.94. The Morgan fingerprint density at radius 2 is 2.06 bits per heavy atom. The van der Waals surface area contributed by atoms with Gasteiger partial charge in [0.2, 0.25) is 0 Å². The van der Waals surface area contributed by atoms with Crippen LogP contribution in [0.4, 0.5) is 0 Å². The van der Waals surface area contributed by atoms with E-state index < -0.39 is 0 Å². The second kappa shape index (κ2) is 7.55. The lowest BCUT2D eigenvalue weighted by Gasteiger charge is -2.12. The molecular formula is C13H20N2O3. The number of carbonyl (C=O) groups is 1. The van der Waals surface area contributed by atoms with Gasteiger partial charge in [-0.15, -0.1) is 0 Å². The number of nitrogens with two attached hydrogens (primary N) is 1. The number of rotatable bonds is 7. The Kier molecular flexibility index (Phi) is 6.00. The third kappa shape index (κ3) is 3.63. The first-order valence-electron chi connectivity index (χ1n) is 5.93. The first kappa shape index (κ1) is 14.3. The van der Waals surface area contributed by atoms with Gasteiger partial charge in [-0.2, -0.15) is 0 Å². The van der Waals surface area contributed by atoms with Crippen LogP contribution < -0.4 is 20.5 Å². The molecule has 0 aliphatic carbocycles. The van der Waals surface area contributed by atoms with Crippen molar-refractivity contribution in [1.82, 2.24) is 5.32 Å². The van der Waals surface area contributed by atoms with Crippen molar-refractivity contribution >= 4 is 5.91 Å². The van der Waals surface area contributed by atoms with Crippen LogP contribution in [0.15, 0.2) is 18.2 Å². The van der Waals surface area contributed by atoms with E-state index in [0.29, 0.717) is 30.2 Å². The number of amides is 1. The summed E-state index contributed by atoms with van der Waals surface area (Å²) in [4.78, 5) is 12.0. The number of nitrogens with one attached hydrogen (secondary N) is 1. The highest BCUT2D eigenvalue weighted by molar-refractivity contribution is 5.97. The van der Waals surface area contributed by atoms with Gasteiger partial charge in [0, 0.05) is 6.54 Å². The molecule has 1 aromatic carbocycles. The van der Waals surface area contributed by atoms with Crippen LogP contribution >= 0.6 is 0 Å². The number of para-hydroxylation sites is 1. The second-order valence-corrected chi connectivity index (χ2v) is 3.79. The molecule has 5 heteroatoms. The highest BCUT2D eigenvalue weighted by Crippen LogP contribution is 2.30. The minimum Gasteiger partial charge on any atom is -0.493 e. The minimum absolute atomic E-state index is 0.164. The van der Waals surface area contributed by atoms with Gasteiger partial charge in [0.05, 0.1) is 19.8 Å². The molecule has 5 nitrogen and oxygen atoms in total. The summed E-state index contributed by atoms with van der Waals surface area (Å²) in [6.07, 6.45) is 1.77.